The molecule has 1 nitrogen and oxygen atoms in total. The van der Waals surface area contributed by atoms with Gasteiger partial charge in [-0.2, -0.15) is 0 Å². The molecule has 0 atom stereocenters. The Balaban J connectivity index is 1.83. The van der Waals surface area contributed by atoms with Gasteiger partial charge in [0, 0.05) is 0 Å². The number of rotatable bonds is 5. The van der Waals surface area contributed by atoms with Crippen molar-refractivity contribution in [3.05, 3.63) is 71.8 Å². The molecule has 1 saturated carbocycles. The average Bonchev–Trinajstić information content (AvgIpc) is 3.26. The molecule has 1 fully saturated rings. The minimum Gasteiger partial charge on any atom is -0.306 e. The summed E-state index contributed by atoms with van der Waals surface area (Å²) in [5, 5.41) is 3.71. The second kappa shape index (κ2) is 5.36. The monoisotopic (exact) mass is 237 g/mol. The Morgan fingerprint density at radius 2 is 1.33 bits per heavy atom. The van der Waals surface area contributed by atoms with Crippen LogP contribution in [0.3, 0.4) is 0 Å². The predicted molar refractivity (Wildman–Crippen MR) is 75.5 cm³/mol. The average molecular weight is 237 g/mol. The fourth-order valence-corrected chi connectivity index (χ4v) is 2.33. The zero-order valence-corrected chi connectivity index (χ0v) is 10.5. The Morgan fingerprint density at radius 3 is 1.78 bits per heavy atom. The highest BCUT2D eigenvalue weighted by Crippen LogP contribution is 2.30. The van der Waals surface area contributed by atoms with Crippen LogP contribution in [0.4, 0.5) is 0 Å². The van der Waals surface area contributed by atoms with E-state index in [0.29, 0.717) is 6.04 Å². The molecule has 2 aromatic rings. The van der Waals surface area contributed by atoms with Crippen LogP contribution in [0.2, 0.25) is 0 Å². The molecule has 0 aliphatic heterocycles. The fraction of sp³-hybridized carbons (Fsp3) is 0.294. The van der Waals surface area contributed by atoms with Gasteiger partial charge in [0.15, 0.2) is 0 Å². The van der Waals surface area contributed by atoms with Crippen molar-refractivity contribution >= 4 is 0 Å². The van der Waals surface area contributed by atoms with Crippen LogP contribution in [0.25, 0.3) is 0 Å². The lowest BCUT2D eigenvalue weighted by molar-refractivity contribution is 0.573. The van der Waals surface area contributed by atoms with Gasteiger partial charge in [0.1, 0.15) is 0 Å². The van der Waals surface area contributed by atoms with Gasteiger partial charge in [-0.1, -0.05) is 60.7 Å². The molecule has 0 radical (unpaired) electrons. The molecule has 2 aromatic carbocycles. The van der Waals surface area contributed by atoms with Crippen LogP contribution in [0.5, 0.6) is 0 Å². The fourth-order valence-electron chi connectivity index (χ4n) is 2.33. The molecule has 0 amide bonds. The molecule has 0 unspecified atom stereocenters. The molecule has 1 aliphatic carbocycles. The molecule has 1 aliphatic rings. The topological polar surface area (TPSA) is 12.0 Å². The molecular formula is C17H19N. The van der Waals surface area contributed by atoms with Crippen molar-refractivity contribution in [2.24, 2.45) is 5.92 Å². The van der Waals surface area contributed by atoms with E-state index in [9.17, 15) is 0 Å². The number of hydrogen-bond acceptors (Lipinski definition) is 1. The molecule has 92 valence electrons. The summed E-state index contributed by atoms with van der Waals surface area (Å²) in [6.07, 6.45) is 2.78. The highest BCUT2D eigenvalue weighted by molar-refractivity contribution is 5.31. The molecule has 1 heteroatoms. The van der Waals surface area contributed by atoms with Gasteiger partial charge in [-0.05, 0) is 36.4 Å². The summed E-state index contributed by atoms with van der Waals surface area (Å²) in [6, 6.07) is 21.8. The van der Waals surface area contributed by atoms with Gasteiger partial charge < -0.3 is 5.32 Å². The predicted octanol–water partition coefficient (Wildman–Crippen LogP) is 3.78. The van der Waals surface area contributed by atoms with Gasteiger partial charge in [-0.3, -0.25) is 0 Å². The van der Waals surface area contributed by atoms with E-state index < -0.39 is 0 Å². The molecule has 18 heavy (non-hydrogen) atoms. The van der Waals surface area contributed by atoms with E-state index in [4.69, 9.17) is 0 Å². The highest BCUT2D eigenvalue weighted by atomic mass is 14.9. The van der Waals surface area contributed by atoms with Crippen molar-refractivity contribution in [2.75, 3.05) is 6.54 Å². The second-order valence-electron chi connectivity index (χ2n) is 5.11. The largest absolute Gasteiger partial charge is 0.306 e. The lowest BCUT2D eigenvalue weighted by atomic mass is 9.98. The number of benzene rings is 2. The lowest BCUT2D eigenvalue weighted by Gasteiger charge is -2.19. The Bertz CT molecular complexity index is 434. The maximum atomic E-state index is 3.71. The normalized spacial score (nSPS) is 14.9. The summed E-state index contributed by atoms with van der Waals surface area (Å²) in [7, 11) is 0. The van der Waals surface area contributed by atoms with Gasteiger partial charge in [0.05, 0.1) is 6.04 Å². The van der Waals surface area contributed by atoms with Crippen LogP contribution < -0.4 is 5.32 Å². The van der Waals surface area contributed by atoms with E-state index in [2.05, 4.69) is 66.0 Å². The third-order valence-corrected chi connectivity index (χ3v) is 3.57. The number of hydrogen-bond donors (Lipinski definition) is 1. The highest BCUT2D eigenvalue weighted by Gasteiger charge is 2.23. The Hall–Kier alpha value is -1.60. The van der Waals surface area contributed by atoms with Crippen LogP contribution in [-0.2, 0) is 0 Å². The van der Waals surface area contributed by atoms with Gasteiger partial charge >= 0.3 is 0 Å². The zero-order chi connectivity index (χ0) is 12.2. The SMILES string of the molecule is c1ccc(C(NCC2CC2)c2ccccc2)cc1. The van der Waals surface area contributed by atoms with Crippen molar-refractivity contribution in [3.63, 3.8) is 0 Å². The van der Waals surface area contributed by atoms with Crippen LogP contribution in [-0.4, -0.2) is 6.54 Å². The summed E-state index contributed by atoms with van der Waals surface area (Å²) in [5.74, 6) is 0.903. The van der Waals surface area contributed by atoms with Crippen molar-refractivity contribution in [1.29, 1.82) is 0 Å². The Kier molecular flexibility index (Phi) is 3.42. The summed E-state index contributed by atoms with van der Waals surface area (Å²) in [5.41, 5.74) is 2.70. The standard InChI is InChI=1S/C17H19N/c1-3-7-15(8-4-1)17(18-13-14-11-12-14)16-9-5-2-6-10-16/h1-10,14,17-18H,11-13H2. The molecule has 0 aromatic heterocycles. The number of nitrogens with one attached hydrogen (secondary N) is 1. The smallest absolute Gasteiger partial charge is 0.0576 e. The first-order chi connectivity index (χ1) is 8.93. The Morgan fingerprint density at radius 1 is 0.833 bits per heavy atom. The zero-order valence-electron chi connectivity index (χ0n) is 10.5. The van der Waals surface area contributed by atoms with Crippen molar-refractivity contribution in [1.82, 2.24) is 5.32 Å². The summed E-state index contributed by atoms with van der Waals surface area (Å²) in [6.45, 7) is 1.13. The van der Waals surface area contributed by atoms with Crippen LogP contribution >= 0.6 is 0 Å². The Labute approximate surface area is 109 Å². The summed E-state index contributed by atoms with van der Waals surface area (Å²) >= 11 is 0. The van der Waals surface area contributed by atoms with Crippen LogP contribution in [0.1, 0.15) is 30.0 Å². The minimum atomic E-state index is 0.327. The molecule has 3 rings (SSSR count). The lowest BCUT2D eigenvalue weighted by Crippen LogP contribution is -2.24. The molecule has 0 heterocycles. The van der Waals surface area contributed by atoms with Crippen molar-refractivity contribution in [2.45, 2.75) is 18.9 Å². The third kappa shape index (κ3) is 2.80. The minimum absolute atomic E-state index is 0.327. The van der Waals surface area contributed by atoms with E-state index in [1.54, 1.807) is 0 Å². The van der Waals surface area contributed by atoms with E-state index in [0.717, 1.165) is 12.5 Å². The van der Waals surface area contributed by atoms with Crippen LogP contribution in [0.15, 0.2) is 60.7 Å². The maximum absolute atomic E-state index is 3.71. The molecular weight excluding hydrogens is 218 g/mol. The quantitative estimate of drug-likeness (QED) is 0.834. The first-order valence-electron chi connectivity index (χ1n) is 6.77. The maximum Gasteiger partial charge on any atom is 0.0576 e. The third-order valence-electron chi connectivity index (χ3n) is 3.57. The molecule has 0 bridgehead atoms. The van der Waals surface area contributed by atoms with E-state index >= 15 is 0 Å². The molecule has 0 spiro atoms. The molecule has 1 N–H and O–H groups in total. The first kappa shape index (κ1) is 11.5. The van der Waals surface area contributed by atoms with Gasteiger partial charge in [0.25, 0.3) is 0 Å². The van der Waals surface area contributed by atoms with E-state index in [1.807, 2.05) is 0 Å². The van der Waals surface area contributed by atoms with E-state index in [1.165, 1.54) is 24.0 Å². The van der Waals surface area contributed by atoms with Gasteiger partial charge in [-0.15, -0.1) is 0 Å². The van der Waals surface area contributed by atoms with E-state index in [-0.39, 0.29) is 0 Å². The molecule has 0 saturated heterocycles. The summed E-state index contributed by atoms with van der Waals surface area (Å²) in [4.78, 5) is 0. The van der Waals surface area contributed by atoms with Gasteiger partial charge in [-0.25, -0.2) is 0 Å². The van der Waals surface area contributed by atoms with Crippen molar-refractivity contribution < 1.29 is 0 Å². The van der Waals surface area contributed by atoms with Gasteiger partial charge in [0.2, 0.25) is 0 Å². The van der Waals surface area contributed by atoms with Crippen LogP contribution in [0, 0.1) is 5.92 Å². The second-order valence-corrected chi connectivity index (χ2v) is 5.11. The first-order valence-corrected chi connectivity index (χ1v) is 6.77. The van der Waals surface area contributed by atoms with Crippen molar-refractivity contribution in [3.8, 4) is 0 Å². The summed E-state index contributed by atoms with van der Waals surface area (Å²) < 4.78 is 0.